The molecule has 18 heavy (non-hydrogen) atoms. The molecular formula is C13H17N3OS. The van der Waals surface area contributed by atoms with Crippen molar-refractivity contribution in [2.75, 3.05) is 12.9 Å². The van der Waals surface area contributed by atoms with Crippen LogP contribution in [0.3, 0.4) is 0 Å². The van der Waals surface area contributed by atoms with Crippen molar-refractivity contribution >= 4 is 22.6 Å². The van der Waals surface area contributed by atoms with Gasteiger partial charge < -0.3 is 4.74 Å². The molecule has 0 atom stereocenters. The van der Waals surface area contributed by atoms with Crippen molar-refractivity contribution < 1.29 is 4.74 Å². The quantitative estimate of drug-likeness (QED) is 0.911. The molecule has 2 rings (SSSR count). The van der Waals surface area contributed by atoms with Crippen molar-refractivity contribution in [1.29, 1.82) is 0 Å². The lowest BCUT2D eigenvalue weighted by Gasteiger charge is -2.16. The number of benzene rings is 1. The Bertz CT molecular complexity index is 483. The molecule has 1 heterocycles. The fraction of sp³-hybridized carbons (Fsp3) is 0.385. The van der Waals surface area contributed by atoms with Crippen molar-refractivity contribution in [3.63, 3.8) is 0 Å². The fourth-order valence-electron chi connectivity index (χ4n) is 1.57. The van der Waals surface area contributed by atoms with Crippen LogP contribution in [-0.4, -0.2) is 29.8 Å². The molecule has 0 fully saturated rings. The zero-order chi connectivity index (χ0) is 13.0. The van der Waals surface area contributed by atoms with E-state index in [1.54, 1.807) is 18.9 Å². The zero-order valence-electron chi connectivity index (χ0n) is 10.8. The van der Waals surface area contributed by atoms with Crippen LogP contribution in [0.15, 0.2) is 34.4 Å². The molecule has 0 unspecified atom stereocenters. The number of aliphatic imine (C=N–C) groups is 1. The smallest absolute Gasteiger partial charge is 0.177 e. The second-order valence-corrected chi connectivity index (χ2v) is 5.18. The summed E-state index contributed by atoms with van der Waals surface area (Å²) in [6.45, 7) is 4.10. The predicted octanol–water partition coefficient (Wildman–Crippen LogP) is 2.50. The van der Waals surface area contributed by atoms with Gasteiger partial charge in [0.15, 0.2) is 5.17 Å². The van der Waals surface area contributed by atoms with Gasteiger partial charge in [0.05, 0.1) is 12.8 Å². The van der Waals surface area contributed by atoms with E-state index in [-0.39, 0.29) is 6.04 Å². The van der Waals surface area contributed by atoms with Gasteiger partial charge in [0.25, 0.3) is 0 Å². The molecular weight excluding hydrogens is 246 g/mol. The summed E-state index contributed by atoms with van der Waals surface area (Å²) in [6, 6.07) is 8.21. The summed E-state index contributed by atoms with van der Waals surface area (Å²) in [5, 5.41) is 5.25. The maximum Gasteiger partial charge on any atom is 0.177 e. The van der Waals surface area contributed by atoms with Gasteiger partial charge in [-0.15, -0.1) is 0 Å². The van der Waals surface area contributed by atoms with Crippen LogP contribution in [0.1, 0.15) is 19.4 Å². The fourth-order valence-corrected chi connectivity index (χ4v) is 2.47. The first kappa shape index (κ1) is 13.0. The third-order valence-electron chi connectivity index (χ3n) is 2.41. The molecule has 0 aromatic heterocycles. The van der Waals surface area contributed by atoms with Gasteiger partial charge in [-0.05, 0) is 26.0 Å². The van der Waals surface area contributed by atoms with Crippen molar-refractivity contribution in [1.82, 2.24) is 5.43 Å². The summed E-state index contributed by atoms with van der Waals surface area (Å²) in [4.78, 5) is 4.43. The van der Waals surface area contributed by atoms with E-state index in [1.807, 2.05) is 24.3 Å². The molecule has 0 bridgehead atoms. The monoisotopic (exact) mass is 263 g/mol. The summed E-state index contributed by atoms with van der Waals surface area (Å²) >= 11 is 1.68. The number of nitrogens with one attached hydrogen (secondary N) is 1. The van der Waals surface area contributed by atoms with E-state index >= 15 is 0 Å². The lowest BCUT2D eigenvalue weighted by Crippen LogP contribution is -2.26. The Morgan fingerprint density at radius 3 is 2.89 bits per heavy atom. The Labute approximate surface area is 112 Å². The molecule has 1 aliphatic rings. The average molecular weight is 263 g/mol. The molecule has 0 amide bonds. The molecule has 0 saturated carbocycles. The van der Waals surface area contributed by atoms with E-state index in [1.165, 1.54) is 0 Å². The minimum atomic E-state index is 0.286. The van der Waals surface area contributed by atoms with E-state index in [0.717, 1.165) is 27.9 Å². The van der Waals surface area contributed by atoms with E-state index < -0.39 is 0 Å². The molecule has 1 aromatic carbocycles. The highest BCUT2D eigenvalue weighted by Crippen LogP contribution is 2.18. The zero-order valence-corrected chi connectivity index (χ0v) is 11.6. The second-order valence-electron chi connectivity index (χ2n) is 4.22. The van der Waals surface area contributed by atoms with E-state index in [0.29, 0.717) is 0 Å². The van der Waals surface area contributed by atoms with Gasteiger partial charge in [0.1, 0.15) is 5.75 Å². The molecule has 0 saturated heterocycles. The van der Waals surface area contributed by atoms with Gasteiger partial charge in [-0.2, -0.15) is 5.10 Å². The highest BCUT2D eigenvalue weighted by atomic mass is 32.2. The van der Waals surface area contributed by atoms with Crippen LogP contribution >= 0.6 is 11.8 Å². The highest BCUT2D eigenvalue weighted by molar-refractivity contribution is 8.14. The first-order chi connectivity index (χ1) is 8.69. The van der Waals surface area contributed by atoms with E-state index in [2.05, 4.69) is 29.4 Å². The molecule has 4 nitrogen and oxygen atoms in total. The number of methoxy groups -OCH3 is 1. The van der Waals surface area contributed by atoms with Crippen LogP contribution in [-0.2, 0) is 0 Å². The molecule has 0 spiro atoms. The number of hydrogen-bond donors (Lipinski definition) is 1. The molecule has 0 radical (unpaired) electrons. The molecule has 5 heteroatoms. The van der Waals surface area contributed by atoms with E-state index in [9.17, 15) is 0 Å². The topological polar surface area (TPSA) is 46.0 Å². The summed E-state index contributed by atoms with van der Waals surface area (Å²) < 4.78 is 5.21. The number of amidine groups is 1. The Morgan fingerprint density at radius 2 is 2.28 bits per heavy atom. The summed E-state index contributed by atoms with van der Waals surface area (Å²) in [5.41, 5.74) is 5.09. The van der Waals surface area contributed by atoms with Crippen molar-refractivity contribution in [2.24, 2.45) is 10.1 Å². The second kappa shape index (κ2) is 5.91. The van der Waals surface area contributed by atoms with Crippen molar-refractivity contribution in [3.05, 3.63) is 29.8 Å². The Kier molecular flexibility index (Phi) is 4.25. The van der Waals surface area contributed by atoms with Gasteiger partial charge >= 0.3 is 0 Å². The maximum absolute atomic E-state index is 5.21. The number of ether oxygens (including phenoxy) is 1. The average Bonchev–Trinajstić information content (AvgIpc) is 2.39. The van der Waals surface area contributed by atoms with Crippen molar-refractivity contribution in [2.45, 2.75) is 19.9 Å². The van der Waals surface area contributed by atoms with Gasteiger partial charge in [0.2, 0.25) is 0 Å². The summed E-state index contributed by atoms with van der Waals surface area (Å²) in [5.74, 6) is 1.67. The minimum Gasteiger partial charge on any atom is -0.497 e. The number of thioether (sulfide) groups is 1. The third-order valence-corrected chi connectivity index (χ3v) is 3.30. The lowest BCUT2D eigenvalue weighted by atomic mass is 10.1. The van der Waals surface area contributed by atoms with Gasteiger partial charge in [0, 0.05) is 17.4 Å². The first-order valence-corrected chi connectivity index (χ1v) is 6.85. The molecule has 1 aromatic rings. The molecule has 0 aliphatic carbocycles. The molecule has 96 valence electrons. The van der Waals surface area contributed by atoms with Crippen LogP contribution in [0, 0.1) is 0 Å². The third kappa shape index (κ3) is 3.26. The van der Waals surface area contributed by atoms with Crippen molar-refractivity contribution in [3.8, 4) is 5.75 Å². The van der Waals surface area contributed by atoms with Crippen LogP contribution in [0.5, 0.6) is 5.75 Å². The number of rotatable bonds is 3. The Hall–Kier alpha value is -1.49. The molecule has 1 aliphatic heterocycles. The van der Waals surface area contributed by atoms with Crippen LogP contribution < -0.4 is 10.2 Å². The van der Waals surface area contributed by atoms with Gasteiger partial charge in [-0.25, -0.2) is 0 Å². The molecule has 1 N–H and O–H groups in total. The largest absolute Gasteiger partial charge is 0.497 e. The minimum absolute atomic E-state index is 0.286. The van der Waals surface area contributed by atoms with Crippen LogP contribution in [0.4, 0.5) is 0 Å². The summed E-state index contributed by atoms with van der Waals surface area (Å²) in [6.07, 6.45) is 0. The van der Waals surface area contributed by atoms with Gasteiger partial charge in [-0.3, -0.25) is 10.4 Å². The number of hydrogen-bond acceptors (Lipinski definition) is 4. The van der Waals surface area contributed by atoms with Crippen LogP contribution in [0.2, 0.25) is 0 Å². The highest BCUT2D eigenvalue weighted by Gasteiger charge is 2.13. The SMILES string of the molecule is COc1cccc(C2=NNC(=NC(C)C)SC2)c1. The number of hydrazone groups is 1. The standard InChI is InChI=1S/C13H17N3OS/c1-9(2)14-13-16-15-12(8-18-13)10-5-4-6-11(7-10)17-3/h4-7,9H,8H2,1-3H3,(H,14,16). The number of nitrogens with zero attached hydrogens (tertiary/aromatic N) is 2. The van der Waals surface area contributed by atoms with Crippen LogP contribution in [0.25, 0.3) is 0 Å². The van der Waals surface area contributed by atoms with Gasteiger partial charge in [-0.1, -0.05) is 23.9 Å². The predicted molar refractivity (Wildman–Crippen MR) is 77.7 cm³/mol. The Balaban J connectivity index is 2.14. The maximum atomic E-state index is 5.21. The first-order valence-electron chi connectivity index (χ1n) is 5.86. The lowest BCUT2D eigenvalue weighted by molar-refractivity contribution is 0.414. The Morgan fingerprint density at radius 1 is 1.44 bits per heavy atom. The normalized spacial score (nSPS) is 17.6. The van der Waals surface area contributed by atoms with E-state index in [4.69, 9.17) is 4.74 Å². The summed E-state index contributed by atoms with van der Waals surface area (Å²) in [7, 11) is 1.67.